The van der Waals surface area contributed by atoms with Gasteiger partial charge in [0, 0.05) is 12.2 Å². The Morgan fingerprint density at radius 1 is 1.23 bits per heavy atom. The Morgan fingerprint density at radius 2 is 2.08 bits per heavy atom. The number of aryl methyl sites for hydroxylation is 1. The van der Waals surface area contributed by atoms with Crippen molar-refractivity contribution in [2.45, 2.75) is 19.4 Å². The van der Waals surface area contributed by atoms with Gasteiger partial charge in [0.25, 0.3) is 5.56 Å². The van der Waals surface area contributed by atoms with Gasteiger partial charge in [-0.15, -0.1) is 5.10 Å². The summed E-state index contributed by atoms with van der Waals surface area (Å²) in [5.74, 6) is 0.595. The molecule has 4 rings (SSSR count). The molecule has 1 aliphatic heterocycles. The fraction of sp³-hybridized carbons (Fsp3) is 0.263. The Morgan fingerprint density at radius 3 is 2.92 bits per heavy atom. The molecular formula is C19H18N4O3. The molecule has 1 aromatic heterocycles. The third kappa shape index (κ3) is 2.81. The number of carbonyl (C=O) groups excluding carboxylic acids is 1. The fourth-order valence-electron chi connectivity index (χ4n) is 3.30. The highest BCUT2D eigenvalue weighted by atomic mass is 16.5. The Hall–Kier alpha value is -3.22. The van der Waals surface area contributed by atoms with Gasteiger partial charge in [0.2, 0.25) is 5.91 Å². The molecule has 0 saturated carbocycles. The van der Waals surface area contributed by atoms with Crippen molar-refractivity contribution in [3.05, 3.63) is 58.4 Å². The second-order valence-corrected chi connectivity index (χ2v) is 6.21. The van der Waals surface area contributed by atoms with Crippen LogP contribution in [0.2, 0.25) is 0 Å². The van der Waals surface area contributed by atoms with Crippen molar-refractivity contribution in [3.63, 3.8) is 0 Å². The molecule has 3 aromatic rings. The normalized spacial score (nSPS) is 13.5. The van der Waals surface area contributed by atoms with Crippen LogP contribution in [0.5, 0.6) is 5.75 Å². The highest BCUT2D eigenvalue weighted by molar-refractivity contribution is 5.94. The van der Waals surface area contributed by atoms with Gasteiger partial charge in [-0.3, -0.25) is 9.59 Å². The van der Waals surface area contributed by atoms with Gasteiger partial charge in [-0.2, -0.15) is 0 Å². The van der Waals surface area contributed by atoms with E-state index in [1.807, 2.05) is 18.2 Å². The summed E-state index contributed by atoms with van der Waals surface area (Å²) in [5, 5.41) is 8.40. The topological polar surface area (TPSA) is 77.3 Å². The monoisotopic (exact) mass is 350 g/mol. The van der Waals surface area contributed by atoms with Crippen molar-refractivity contribution in [1.82, 2.24) is 15.0 Å². The quantitative estimate of drug-likeness (QED) is 0.720. The van der Waals surface area contributed by atoms with Crippen LogP contribution in [-0.2, 0) is 17.8 Å². The smallest absolute Gasteiger partial charge is 0.278 e. The third-order valence-electron chi connectivity index (χ3n) is 4.62. The largest absolute Gasteiger partial charge is 0.497 e. The van der Waals surface area contributed by atoms with Gasteiger partial charge in [-0.1, -0.05) is 17.3 Å². The Labute approximate surface area is 149 Å². The molecule has 1 aliphatic rings. The maximum atomic E-state index is 12.8. The number of carbonyl (C=O) groups is 1. The van der Waals surface area contributed by atoms with E-state index < -0.39 is 0 Å². The second kappa shape index (κ2) is 6.59. The Bertz CT molecular complexity index is 1040. The minimum Gasteiger partial charge on any atom is -0.497 e. The number of ether oxygens (including phenoxy) is 1. The van der Waals surface area contributed by atoms with Crippen LogP contribution >= 0.6 is 0 Å². The standard InChI is InChI=1S/C19H18N4O3/c1-26-14-8-9-17-13(11-14)5-4-10-22(17)18(24)12-23-19(25)15-6-2-3-7-16(15)20-21-23/h2-3,6-9,11H,4-5,10,12H2,1H3. The first-order valence-electron chi connectivity index (χ1n) is 8.47. The van der Waals surface area contributed by atoms with E-state index in [-0.39, 0.29) is 18.0 Å². The Balaban J connectivity index is 1.64. The van der Waals surface area contributed by atoms with E-state index in [0.29, 0.717) is 17.4 Å². The highest BCUT2D eigenvalue weighted by Gasteiger charge is 2.24. The molecule has 0 saturated heterocycles. The van der Waals surface area contributed by atoms with E-state index in [0.717, 1.165) is 34.5 Å². The number of amides is 1. The predicted octanol–water partition coefficient (Wildman–Crippen LogP) is 1.78. The number of fused-ring (bicyclic) bond motifs is 2. The lowest BCUT2D eigenvalue weighted by Crippen LogP contribution is -2.40. The molecule has 0 bridgehead atoms. The molecule has 7 heteroatoms. The molecule has 1 amide bonds. The first-order valence-corrected chi connectivity index (χ1v) is 8.47. The first-order chi connectivity index (χ1) is 12.7. The molecular weight excluding hydrogens is 332 g/mol. The van der Waals surface area contributed by atoms with Gasteiger partial charge in [-0.25, -0.2) is 4.68 Å². The summed E-state index contributed by atoms with van der Waals surface area (Å²) in [6, 6.07) is 12.7. The summed E-state index contributed by atoms with van der Waals surface area (Å²) in [6.45, 7) is 0.482. The molecule has 7 nitrogen and oxygen atoms in total. The van der Waals surface area contributed by atoms with Crippen molar-refractivity contribution >= 4 is 22.5 Å². The van der Waals surface area contributed by atoms with Gasteiger partial charge in [0.1, 0.15) is 17.8 Å². The zero-order valence-corrected chi connectivity index (χ0v) is 14.4. The maximum Gasteiger partial charge on any atom is 0.278 e. The zero-order valence-electron chi connectivity index (χ0n) is 14.4. The van der Waals surface area contributed by atoms with Crippen molar-refractivity contribution in [2.24, 2.45) is 0 Å². The highest BCUT2D eigenvalue weighted by Crippen LogP contribution is 2.30. The minimum atomic E-state index is -0.309. The Kier molecular flexibility index (Phi) is 4.12. The number of hydrogen-bond acceptors (Lipinski definition) is 5. The summed E-state index contributed by atoms with van der Waals surface area (Å²) in [7, 11) is 1.62. The van der Waals surface area contributed by atoms with Crippen LogP contribution in [-0.4, -0.2) is 34.6 Å². The number of nitrogens with zero attached hydrogens (tertiary/aromatic N) is 4. The molecule has 132 valence electrons. The zero-order chi connectivity index (χ0) is 18.1. The molecule has 2 aromatic carbocycles. The van der Waals surface area contributed by atoms with E-state index in [1.165, 1.54) is 0 Å². The van der Waals surface area contributed by atoms with Crippen LogP contribution in [0, 0.1) is 0 Å². The number of benzene rings is 2. The molecule has 0 aliphatic carbocycles. The number of rotatable bonds is 3. The van der Waals surface area contributed by atoms with Gasteiger partial charge in [-0.05, 0) is 48.7 Å². The van der Waals surface area contributed by atoms with E-state index >= 15 is 0 Å². The van der Waals surface area contributed by atoms with E-state index in [9.17, 15) is 9.59 Å². The fourth-order valence-corrected chi connectivity index (χ4v) is 3.30. The van der Waals surface area contributed by atoms with Crippen LogP contribution in [0.25, 0.3) is 10.9 Å². The van der Waals surface area contributed by atoms with Crippen LogP contribution in [0.15, 0.2) is 47.3 Å². The summed E-state index contributed by atoms with van der Waals surface area (Å²) >= 11 is 0. The third-order valence-corrected chi connectivity index (χ3v) is 4.62. The summed E-state index contributed by atoms with van der Waals surface area (Å²) in [6.07, 6.45) is 1.76. The average Bonchev–Trinajstić information content (AvgIpc) is 2.69. The summed E-state index contributed by atoms with van der Waals surface area (Å²) in [4.78, 5) is 27.1. The molecule has 26 heavy (non-hydrogen) atoms. The lowest BCUT2D eigenvalue weighted by molar-refractivity contribution is -0.119. The number of hydrogen-bond donors (Lipinski definition) is 0. The molecule has 0 radical (unpaired) electrons. The number of methoxy groups -OCH3 is 1. The summed E-state index contributed by atoms with van der Waals surface area (Å²) < 4.78 is 6.39. The molecule has 0 unspecified atom stereocenters. The first kappa shape index (κ1) is 16.3. The molecule has 0 atom stereocenters. The lowest BCUT2D eigenvalue weighted by Gasteiger charge is -2.29. The van der Waals surface area contributed by atoms with E-state index in [1.54, 1.807) is 36.3 Å². The molecule has 0 fully saturated rings. The number of aromatic nitrogens is 3. The maximum absolute atomic E-state index is 12.8. The van der Waals surface area contributed by atoms with Crippen LogP contribution < -0.4 is 15.2 Å². The molecule has 0 N–H and O–H groups in total. The van der Waals surface area contributed by atoms with Crippen molar-refractivity contribution in [1.29, 1.82) is 0 Å². The molecule has 0 spiro atoms. The SMILES string of the molecule is COc1ccc2c(c1)CCCN2C(=O)Cn1nnc2ccccc2c1=O. The van der Waals surface area contributed by atoms with Crippen molar-refractivity contribution in [2.75, 3.05) is 18.6 Å². The average molecular weight is 350 g/mol. The number of anilines is 1. The predicted molar refractivity (Wildman–Crippen MR) is 97.5 cm³/mol. The molecule has 2 heterocycles. The second-order valence-electron chi connectivity index (χ2n) is 6.21. The van der Waals surface area contributed by atoms with Crippen LogP contribution in [0.4, 0.5) is 5.69 Å². The van der Waals surface area contributed by atoms with Gasteiger partial charge >= 0.3 is 0 Å². The van der Waals surface area contributed by atoms with E-state index in [4.69, 9.17) is 4.74 Å². The summed E-state index contributed by atoms with van der Waals surface area (Å²) in [5.41, 5.74) is 2.15. The van der Waals surface area contributed by atoms with Crippen molar-refractivity contribution in [3.8, 4) is 5.75 Å². The van der Waals surface area contributed by atoms with Crippen LogP contribution in [0.1, 0.15) is 12.0 Å². The van der Waals surface area contributed by atoms with E-state index in [2.05, 4.69) is 10.3 Å². The van der Waals surface area contributed by atoms with Gasteiger partial charge < -0.3 is 9.64 Å². The lowest BCUT2D eigenvalue weighted by atomic mass is 10.0. The van der Waals surface area contributed by atoms with Gasteiger partial charge in [0.15, 0.2) is 0 Å². The van der Waals surface area contributed by atoms with Gasteiger partial charge in [0.05, 0.1) is 12.5 Å². The van der Waals surface area contributed by atoms with Crippen molar-refractivity contribution < 1.29 is 9.53 Å². The minimum absolute atomic E-state index is 0.137. The van der Waals surface area contributed by atoms with Crippen LogP contribution in [0.3, 0.4) is 0 Å².